The number of carbonyl (C=O) groups is 3. The number of nitrogens with zero attached hydrogens (tertiary/aromatic N) is 1. The average Bonchev–Trinajstić information content (AvgIpc) is 3.32. The van der Waals surface area contributed by atoms with Crippen molar-refractivity contribution in [3.05, 3.63) is 57.9 Å². The Morgan fingerprint density at radius 1 is 1.07 bits per heavy atom. The number of carbonyl (C=O) groups excluding carboxylic acids is 3. The summed E-state index contributed by atoms with van der Waals surface area (Å²) >= 11 is 0. The number of hydrogen-bond donors (Lipinski definition) is 4. The third kappa shape index (κ3) is 2.28. The number of nitrogens with one attached hydrogen (secondary N) is 1. The third-order valence-corrected chi connectivity index (χ3v) is 5.98. The van der Waals surface area contributed by atoms with Crippen molar-refractivity contribution in [3.8, 4) is 11.5 Å². The minimum absolute atomic E-state index is 0.0539. The number of aryl methyl sites for hydroxylation is 1. The Balaban J connectivity index is 1.75. The lowest BCUT2D eigenvalue weighted by atomic mass is 9.83. The van der Waals surface area contributed by atoms with Crippen molar-refractivity contribution in [1.82, 2.24) is 9.88 Å². The molecule has 0 saturated carbocycles. The zero-order chi connectivity index (χ0) is 21.3. The predicted octanol–water partition coefficient (Wildman–Crippen LogP) is 1.84. The van der Waals surface area contributed by atoms with Gasteiger partial charge in [-0.25, -0.2) is 0 Å². The van der Waals surface area contributed by atoms with Crippen LogP contribution in [0.25, 0.3) is 10.8 Å². The zero-order valence-corrected chi connectivity index (χ0v) is 16.2. The Bertz CT molecular complexity index is 1290. The highest BCUT2D eigenvalue weighted by molar-refractivity contribution is 6.34. The maximum absolute atomic E-state index is 13.4. The van der Waals surface area contributed by atoms with Gasteiger partial charge in [-0.15, -0.1) is 0 Å². The lowest BCUT2D eigenvalue weighted by molar-refractivity contribution is 0.0785. The number of aromatic hydroxyl groups is 2. The number of aromatic nitrogens is 1. The van der Waals surface area contributed by atoms with Crippen LogP contribution in [-0.2, 0) is 0 Å². The minimum Gasteiger partial charge on any atom is -0.506 e. The Labute approximate surface area is 170 Å². The first-order valence-corrected chi connectivity index (χ1v) is 9.64. The number of H-pyrrole nitrogens is 1. The van der Waals surface area contributed by atoms with E-state index in [0.29, 0.717) is 25.2 Å². The number of ketones is 2. The van der Waals surface area contributed by atoms with E-state index in [1.54, 1.807) is 36.1 Å². The first-order valence-electron chi connectivity index (χ1n) is 9.64. The Morgan fingerprint density at radius 3 is 2.23 bits per heavy atom. The van der Waals surface area contributed by atoms with Gasteiger partial charge < -0.3 is 25.8 Å². The highest BCUT2D eigenvalue weighted by atomic mass is 16.3. The van der Waals surface area contributed by atoms with Crippen molar-refractivity contribution < 1.29 is 24.6 Å². The molecule has 1 fully saturated rings. The van der Waals surface area contributed by atoms with Gasteiger partial charge in [-0.05, 0) is 13.3 Å². The molecule has 1 atom stereocenters. The monoisotopic (exact) mass is 405 g/mol. The van der Waals surface area contributed by atoms with Gasteiger partial charge in [-0.2, -0.15) is 0 Å². The standard InChI is InChI=1S/C22H19N3O5/c1-9-13(22(30)25-7-6-10(23)8-25)14-17(24-9)21(29)16-15(20(14)28)18(26)11-4-2-3-5-12(11)19(16)27/h2-5,10,24,26-27H,6-8,23H2,1H3/t10-/m0/s1. The molecule has 1 aliphatic heterocycles. The quantitative estimate of drug-likeness (QED) is 0.357. The smallest absolute Gasteiger partial charge is 0.256 e. The van der Waals surface area contributed by atoms with Gasteiger partial charge in [0.25, 0.3) is 5.91 Å². The van der Waals surface area contributed by atoms with E-state index < -0.39 is 11.6 Å². The fourth-order valence-electron chi connectivity index (χ4n) is 4.51. The molecule has 1 amide bonds. The van der Waals surface area contributed by atoms with Gasteiger partial charge in [-0.3, -0.25) is 14.4 Å². The molecule has 2 aliphatic rings. The van der Waals surface area contributed by atoms with Gasteiger partial charge in [0.05, 0.1) is 27.9 Å². The van der Waals surface area contributed by atoms with Crippen LogP contribution >= 0.6 is 0 Å². The lowest BCUT2D eigenvalue weighted by Gasteiger charge is -2.21. The van der Waals surface area contributed by atoms with Crippen LogP contribution < -0.4 is 5.73 Å². The molecule has 0 radical (unpaired) electrons. The lowest BCUT2D eigenvalue weighted by Crippen LogP contribution is -2.33. The van der Waals surface area contributed by atoms with Crippen LogP contribution in [0.3, 0.4) is 0 Å². The summed E-state index contributed by atoms with van der Waals surface area (Å²) in [5, 5.41) is 22.1. The molecule has 30 heavy (non-hydrogen) atoms. The van der Waals surface area contributed by atoms with Crippen LogP contribution in [0.5, 0.6) is 11.5 Å². The summed E-state index contributed by atoms with van der Waals surface area (Å²) in [4.78, 5) is 44.2. The van der Waals surface area contributed by atoms with Crippen molar-refractivity contribution in [2.75, 3.05) is 13.1 Å². The normalized spacial score (nSPS) is 18.1. The summed E-state index contributed by atoms with van der Waals surface area (Å²) < 4.78 is 0. The molecule has 0 unspecified atom stereocenters. The number of likely N-dealkylation sites (tertiary alicyclic amines) is 1. The number of benzene rings is 2. The first kappa shape index (κ1) is 18.4. The largest absolute Gasteiger partial charge is 0.506 e. The van der Waals surface area contributed by atoms with Crippen molar-refractivity contribution in [3.63, 3.8) is 0 Å². The molecule has 8 heteroatoms. The molecule has 5 rings (SSSR count). The van der Waals surface area contributed by atoms with E-state index in [2.05, 4.69) is 4.98 Å². The molecular formula is C22H19N3O5. The van der Waals surface area contributed by atoms with Crippen LogP contribution in [-0.4, -0.2) is 56.7 Å². The molecule has 3 aromatic rings. The molecule has 152 valence electrons. The van der Waals surface area contributed by atoms with Gasteiger partial charge in [-0.1, -0.05) is 24.3 Å². The molecule has 1 saturated heterocycles. The number of amides is 1. The number of phenolic OH excluding ortho intramolecular Hbond substituents is 2. The minimum atomic E-state index is -0.672. The first-order chi connectivity index (χ1) is 14.3. The Morgan fingerprint density at radius 2 is 1.67 bits per heavy atom. The van der Waals surface area contributed by atoms with Gasteiger partial charge in [0, 0.05) is 35.6 Å². The van der Waals surface area contributed by atoms with E-state index in [4.69, 9.17) is 5.73 Å². The highest BCUT2D eigenvalue weighted by Crippen LogP contribution is 2.45. The number of hydrogen-bond acceptors (Lipinski definition) is 6. The average molecular weight is 405 g/mol. The van der Waals surface area contributed by atoms with Crippen LogP contribution in [0.4, 0.5) is 0 Å². The van der Waals surface area contributed by atoms with Crippen molar-refractivity contribution >= 4 is 28.2 Å². The second-order valence-electron chi connectivity index (χ2n) is 7.83. The van der Waals surface area contributed by atoms with Crippen molar-refractivity contribution in [2.45, 2.75) is 19.4 Å². The molecule has 1 aliphatic carbocycles. The van der Waals surface area contributed by atoms with E-state index in [0.717, 1.165) is 0 Å². The summed E-state index contributed by atoms with van der Waals surface area (Å²) in [6.45, 7) is 2.45. The second-order valence-corrected chi connectivity index (χ2v) is 7.83. The van der Waals surface area contributed by atoms with Crippen LogP contribution in [0.15, 0.2) is 24.3 Å². The van der Waals surface area contributed by atoms with E-state index in [1.807, 2.05) is 0 Å². The fraction of sp³-hybridized carbons (Fsp3) is 0.227. The fourth-order valence-corrected chi connectivity index (χ4v) is 4.51. The van der Waals surface area contributed by atoms with E-state index >= 15 is 0 Å². The molecule has 2 aromatic carbocycles. The van der Waals surface area contributed by atoms with Gasteiger partial charge in [0.1, 0.15) is 11.5 Å². The van der Waals surface area contributed by atoms with Crippen molar-refractivity contribution in [1.29, 1.82) is 0 Å². The second kappa shape index (κ2) is 6.17. The van der Waals surface area contributed by atoms with E-state index in [1.165, 1.54) is 0 Å². The number of rotatable bonds is 1. The molecule has 0 bridgehead atoms. The molecule has 8 nitrogen and oxygen atoms in total. The zero-order valence-electron chi connectivity index (χ0n) is 16.2. The number of aromatic amines is 1. The molecule has 5 N–H and O–H groups in total. The van der Waals surface area contributed by atoms with E-state index in [-0.39, 0.29) is 62.2 Å². The van der Waals surface area contributed by atoms with Gasteiger partial charge in [0.15, 0.2) is 0 Å². The number of nitrogens with two attached hydrogens (primary N) is 1. The summed E-state index contributed by atoms with van der Waals surface area (Å²) in [5.74, 6) is -2.45. The van der Waals surface area contributed by atoms with Gasteiger partial charge >= 0.3 is 0 Å². The Hall–Kier alpha value is -3.65. The molecule has 1 aromatic heterocycles. The highest BCUT2D eigenvalue weighted by Gasteiger charge is 2.42. The molecule has 2 heterocycles. The summed E-state index contributed by atoms with van der Waals surface area (Å²) in [6, 6.07) is 6.29. The molecule has 0 spiro atoms. The summed E-state index contributed by atoms with van der Waals surface area (Å²) in [6.07, 6.45) is 0.660. The van der Waals surface area contributed by atoms with Crippen LogP contribution in [0.2, 0.25) is 0 Å². The maximum atomic E-state index is 13.4. The van der Waals surface area contributed by atoms with Crippen LogP contribution in [0, 0.1) is 6.92 Å². The Kier molecular flexibility index (Phi) is 3.78. The summed E-state index contributed by atoms with van der Waals surface area (Å²) in [7, 11) is 0. The SMILES string of the molecule is Cc1[nH]c2c(c1C(=O)N1CC[C@H](N)C1)C(=O)c1c(c(O)c3ccccc3c1O)C2=O. The number of phenols is 2. The maximum Gasteiger partial charge on any atom is 0.256 e. The van der Waals surface area contributed by atoms with Gasteiger partial charge in [0.2, 0.25) is 11.6 Å². The van der Waals surface area contributed by atoms with Crippen molar-refractivity contribution in [2.24, 2.45) is 5.73 Å². The third-order valence-electron chi connectivity index (χ3n) is 5.98. The van der Waals surface area contributed by atoms with E-state index in [9.17, 15) is 24.6 Å². The predicted molar refractivity (Wildman–Crippen MR) is 108 cm³/mol. The number of fused-ring (bicyclic) bond motifs is 3. The summed E-state index contributed by atoms with van der Waals surface area (Å²) in [5.41, 5.74) is 5.73. The molecular weight excluding hydrogens is 386 g/mol. The topological polar surface area (TPSA) is 137 Å². The van der Waals surface area contributed by atoms with Crippen LogP contribution in [0.1, 0.15) is 54.4 Å².